The SMILES string of the molecule is C[C@@H](OC(=O)c1ccccc1[S@](C)=O)C(=O)NC1CCCC1. The highest BCUT2D eigenvalue weighted by Gasteiger charge is 2.24. The predicted molar refractivity (Wildman–Crippen MR) is 84.1 cm³/mol. The summed E-state index contributed by atoms with van der Waals surface area (Å²) >= 11 is 0. The molecule has 120 valence electrons. The molecule has 1 fully saturated rings. The van der Waals surface area contributed by atoms with Gasteiger partial charge in [0.1, 0.15) is 0 Å². The van der Waals surface area contributed by atoms with Gasteiger partial charge in [0, 0.05) is 12.3 Å². The Labute approximate surface area is 132 Å². The fourth-order valence-corrected chi connectivity index (χ4v) is 3.28. The van der Waals surface area contributed by atoms with E-state index < -0.39 is 22.9 Å². The highest BCUT2D eigenvalue weighted by molar-refractivity contribution is 7.84. The van der Waals surface area contributed by atoms with Crippen LogP contribution >= 0.6 is 0 Å². The zero-order valence-electron chi connectivity index (χ0n) is 12.8. The maximum Gasteiger partial charge on any atom is 0.340 e. The highest BCUT2D eigenvalue weighted by atomic mass is 32.2. The molecule has 2 rings (SSSR count). The molecule has 0 radical (unpaired) electrons. The van der Waals surface area contributed by atoms with Gasteiger partial charge in [-0.1, -0.05) is 25.0 Å². The van der Waals surface area contributed by atoms with Gasteiger partial charge < -0.3 is 10.1 Å². The van der Waals surface area contributed by atoms with Gasteiger partial charge in [0.2, 0.25) is 0 Å². The van der Waals surface area contributed by atoms with Crippen molar-refractivity contribution in [2.75, 3.05) is 6.26 Å². The Hall–Kier alpha value is -1.69. The van der Waals surface area contributed by atoms with Crippen LogP contribution in [0.4, 0.5) is 0 Å². The quantitative estimate of drug-likeness (QED) is 0.842. The van der Waals surface area contributed by atoms with Crippen molar-refractivity contribution in [2.45, 2.75) is 49.6 Å². The summed E-state index contributed by atoms with van der Waals surface area (Å²) in [7, 11) is -1.29. The molecule has 1 N–H and O–H groups in total. The number of ether oxygens (including phenoxy) is 1. The first-order valence-corrected chi connectivity index (χ1v) is 8.98. The van der Waals surface area contributed by atoms with E-state index in [1.165, 1.54) is 6.26 Å². The van der Waals surface area contributed by atoms with Crippen molar-refractivity contribution >= 4 is 22.7 Å². The third kappa shape index (κ3) is 4.16. The van der Waals surface area contributed by atoms with E-state index >= 15 is 0 Å². The molecule has 0 bridgehead atoms. The number of rotatable bonds is 5. The summed E-state index contributed by atoms with van der Waals surface area (Å²) in [6.45, 7) is 1.55. The van der Waals surface area contributed by atoms with E-state index in [-0.39, 0.29) is 17.5 Å². The van der Waals surface area contributed by atoms with Gasteiger partial charge in [0.15, 0.2) is 6.10 Å². The number of esters is 1. The predicted octanol–water partition coefficient (Wildman–Crippen LogP) is 2.03. The van der Waals surface area contributed by atoms with Gasteiger partial charge in [-0.15, -0.1) is 0 Å². The first-order chi connectivity index (χ1) is 10.5. The van der Waals surface area contributed by atoms with Crippen molar-refractivity contribution in [2.24, 2.45) is 0 Å². The Morgan fingerprint density at radius 2 is 1.91 bits per heavy atom. The Morgan fingerprint density at radius 3 is 2.55 bits per heavy atom. The monoisotopic (exact) mass is 323 g/mol. The van der Waals surface area contributed by atoms with E-state index in [2.05, 4.69) is 5.32 Å². The van der Waals surface area contributed by atoms with Gasteiger partial charge >= 0.3 is 5.97 Å². The molecule has 0 aliphatic heterocycles. The van der Waals surface area contributed by atoms with Gasteiger partial charge in [-0.2, -0.15) is 0 Å². The number of amides is 1. The van der Waals surface area contributed by atoms with Crippen LogP contribution in [-0.4, -0.2) is 34.5 Å². The summed E-state index contributed by atoms with van der Waals surface area (Å²) in [5.41, 5.74) is 0.240. The van der Waals surface area contributed by atoms with Crippen molar-refractivity contribution in [1.29, 1.82) is 0 Å². The molecule has 0 unspecified atom stereocenters. The number of benzene rings is 1. The van der Waals surface area contributed by atoms with Crippen LogP contribution in [-0.2, 0) is 20.3 Å². The number of hydrogen-bond acceptors (Lipinski definition) is 4. The largest absolute Gasteiger partial charge is 0.449 e. The van der Waals surface area contributed by atoms with Crippen LogP contribution in [0.3, 0.4) is 0 Å². The van der Waals surface area contributed by atoms with Crippen LogP contribution < -0.4 is 5.32 Å². The third-order valence-electron chi connectivity index (χ3n) is 3.77. The number of hydrogen-bond donors (Lipinski definition) is 1. The normalized spacial score (nSPS) is 17.7. The van der Waals surface area contributed by atoms with Crippen molar-refractivity contribution in [3.05, 3.63) is 29.8 Å². The Bertz CT molecular complexity index is 581. The lowest BCUT2D eigenvalue weighted by Crippen LogP contribution is -2.40. The van der Waals surface area contributed by atoms with Crippen LogP contribution in [0.1, 0.15) is 43.0 Å². The second-order valence-corrected chi connectivity index (χ2v) is 6.84. The lowest BCUT2D eigenvalue weighted by molar-refractivity contribution is -0.129. The van der Waals surface area contributed by atoms with E-state index in [0.717, 1.165) is 25.7 Å². The summed E-state index contributed by atoms with van der Waals surface area (Å²) in [6, 6.07) is 6.75. The molecule has 1 aliphatic rings. The van der Waals surface area contributed by atoms with Crippen LogP contribution in [0, 0.1) is 0 Å². The molecular formula is C16H21NO4S. The molecular weight excluding hydrogens is 302 g/mol. The second-order valence-electron chi connectivity index (χ2n) is 5.49. The Morgan fingerprint density at radius 1 is 1.27 bits per heavy atom. The summed E-state index contributed by atoms with van der Waals surface area (Å²) < 4.78 is 16.9. The van der Waals surface area contributed by atoms with Crippen molar-refractivity contribution in [3.63, 3.8) is 0 Å². The zero-order valence-corrected chi connectivity index (χ0v) is 13.7. The molecule has 1 amide bonds. The van der Waals surface area contributed by atoms with E-state index in [1.807, 2.05) is 0 Å². The smallest absolute Gasteiger partial charge is 0.340 e. The fourth-order valence-electron chi connectivity index (χ4n) is 2.55. The standard InChI is InChI=1S/C16H21NO4S/c1-11(15(18)17-12-7-3-4-8-12)21-16(19)13-9-5-6-10-14(13)22(2)20/h5-6,9-12H,3-4,7-8H2,1-2H3,(H,17,18)/t11-,22+/m1/s1. The number of nitrogens with one attached hydrogen (secondary N) is 1. The van der Waals surface area contributed by atoms with Crippen LogP contribution in [0.5, 0.6) is 0 Å². The topological polar surface area (TPSA) is 72.5 Å². The molecule has 1 aromatic carbocycles. The minimum absolute atomic E-state index is 0.184. The zero-order chi connectivity index (χ0) is 16.1. The molecule has 2 atom stereocenters. The Kier molecular flexibility index (Phi) is 5.71. The van der Waals surface area contributed by atoms with Crippen LogP contribution in [0.2, 0.25) is 0 Å². The van der Waals surface area contributed by atoms with Crippen molar-refractivity contribution < 1.29 is 18.5 Å². The van der Waals surface area contributed by atoms with Crippen LogP contribution in [0.15, 0.2) is 29.2 Å². The molecule has 1 aromatic rings. The number of carbonyl (C=O) groups excluding carboxylic acids is 2. The lowest BCUT2D eigenvalue weighted by atomic mass is 10.2. The summed E-state index contributed by atoms with van der Waals surface area (Å²) in [6.07, 6.45) is 4.83. The minimum atomic E-state index is -1.29. The van der Waals surface area contributed by atoms with Crippen LogP contribution in [0.25, 0.3) is 0 Å². The van der Waals surface area contributed by atoms with E-state index in [1.54, 1.807) is 31.2 Å². The maximum atomic E-state index is 12.2. The maximum absolute atomic E-state index is 12.2. The van der Waals surface area contributed by atoms with Crippen molar-refractivity contribution in [3.8, 4) is 0 Å². The molecule has 22 heavy (non-hydrogen) atoms. The van der Waals surface area contributed by atoms with Gasteiger partial charge in [0.05, 0.1) is 21.3 Å². The molecule has 0 aromatic heterocycles. The molecule has 1 aliphatic carbocycles. The minimum Gasteiger partial charge on any atom is -0.449 e. The van der Waals surface area contributed by atoms with E-state index in [9.17, 15) is 13.8 Å². The molecule has 1 saturated carbocycles. The molecule has 0 spiro atoms. The molecule has 0 heterocycles. The Balaban J connectivity index is 1.99. The molecule has 5 nitrogen and oxygen atoms in total. The summed E-state index contributed by atoms with van der Waals surface area (Å²) in [4.78, 5) is 24.6. The average Bonchev–Trinajstić information content (AvgIpc) is 2.99. The van der Waals surface area contributed by atoms with E-state index in [0.29, 0.717) is 4.90 Å². The van der Waals surface area contributed by atoms with Crippen molar-refractivity contribution in [1.82, 2.24) is 5.32 Å². The third-order valence-corrected chi connectivity index (χ3v) is 4.75. The first-order valence-electron chi connectivity index (χ1n) is 7.43. The summed E-state index contributed by atoms with van der Waals surface area (Å²) in [5, 5.41) is 2.90. The van der Waals surface area contributed by atoms with E-state index in [4.69, 9.17) is 4.74 Å². The van der Waals surface area contributed by atoms with Gasteiger partial charge in [-0.25, -0.2) is 4.79 Å². The molecule has 0 saturated heterocycles. The fraction of sp³-hybridized carbons (Fsp3) is 0.500. The average molecular weight is 323 g/mol. The second kappa shape index (κ2) is 7.54. The highest BCUT2D eigenvalue weighted by Crippen LogP contribution is 2.18. The van der Waals surface area contributed by atoms with Gasteiger partial charge in [-0.3, -0.25) is 9.00 Å². The van der Waals surface area contributed by atoms with Gasteiger partial charge in [0.25, 0.3) is 5.91 Å². The van der Waals surface area contributed by atoms with Gasteiger partial charge in [-0.05, 0) is 31.9 Å². The number of carbonyl (C=O) groups is 2. The summed E-state index contributed by atoms with van der Waals surface area (Å²) in [5.74, 6) is -0.907. The molecule has 6 heteroatoms. The lowest BCUT2D eigenvalue weighted by Gasteiger charge is -2.17. The first kappa shape index (κ1) is 16.7.